The Morgan fingerprint density at radius 1 is 1.07 bits per heavy atom. The first-order valence-corrected chi connectivity index (χ1v) is 5.02. The Balaban J connectivity index is 0.000000336. The topological polar surface area (TPSA) is 195 Å². The van der Waals surface area contributed by atoms with Gasteiger partial charge in [-0.3, -0.25) is 0 Å². The molecule has 1 heterocycles. The van der Waals surface area contributed by atoms with Crippen molar-refractivity contribution >= 4 is 30.7 Å². The maximum atomic E-state index is 8.88. The molecule has 0 fully saturated rings. The molecule has 0 bridgehead atoms. The van der Waals surface area contributed by atoms with Crippen LogP contribution in [0.15, 0.2) is 6.20 Å². The predicted molar refractivity (Wildman–Crippen MR) is 56.1 cm³/mol. The molecule has 0 aromatic carbocycles. The van der Waals surface area contributed by atoms with E-state index >= 15 is 0 Å². The average Bonchev–Trinajstić information content (AvgIpc) is 2.05. The van der Waals surface area contributed by atoms with Crippen LogP contribution in [0.25, 0.3) is 0 Å². The monoisotopic (exact) mass is 237 g/mol. The highest BCUT2D eigenvalue weighted by molar-refractivity contribution is 7.45. The van der Waals surface area contributed by atoms with Crippen LogP contribution in [0.2, 0.25) is 0 Å². The maximum Gasteiger partial charge on any atom is 0.466 e. The summed E-state index contributed by atoms with van der Waals surface area (Å²) in [6.45, 7) is 0. The molecule has 0 atom stereocenters. The molecule has 15 heavy (non-hydrogen) atoms. The Hall–Kier alpha value is -1.54. The van der Waals surface area contributed by atoms with E-state index in [0.717, 1.165) is 0 Å². The molecule has 1 rings (SSSR count). The molecular formula is C5H12N5O4P. The van der Waals surface area contributed by atoms with Crippen molar-refractivity contribution in [1.29, 1.82) is 0 Å². The van der Waals surface area contributed by atoms with Crippen molar-refractivity contribution in [3.63, 3.8) is 0 Å². The Labute approximate surface area is 84.9 Å². The van der Waals surface area contributed by atoms with Crippen molar-refractivity contribution in [2.45, 2.75) is 0 Å². The molecule has 0 aliphatic rings. The quantitative estimate of drug-likeness (QED) is 0.262. The molecule has 1 aromatic rings. The van der Waals surface area contributed by atoms with Gasteiger partial charge in [0.1, 0.15) is 5.82 Å². The van der Waals surface area contributed by atoms with Crippen LogP contribution in [0, 0.1) is 0 Å². The summed E-state index contributed by atoms with van der Waals surface area (Å²) in [5, 5.41) is 0. The van der Waals surface area contributed by atoms with Crippen LogP contribution in [-0.2, 0) is 4.57 Å². The zero-order valence-corrected chi connectivity index (χ0v) is 8.43. The van der Waals surface area contributed by atoms with Crippen LogP contribution >= 0.6 is 7.82 Å². The molecule has 86 valence electrons. The number of aromatic nitrogens is 1. The van der Waals surface area contributed by atoms with Crippen molar-refractivity contribution in [3.05, 3.63) is 6.20 Å². The molecule has 0 aliphatic carbocycles. The number of anilines is 4. The number of nitrogens with zero attached hydrogens (tertiary/aromatic N) is 1. The summed E-state index contributed by atoms with van der Waals surface area (Å²) in [7, 11) is -4.64. The number of phosphoric acid groups is 1. The highest BCUT2D eigenvalue weighted by Crippen LogP contribution is 2.26. The molecule has 10 heteroatoms. The highest BCUT2D eigenvalue weighted by Gasteiger charge is 2.02. The summed E-state index contributed by atoms with van der Waals surface area (Å²) in [6, 6.07) is 0. The van der Waals surface area contributed by atoms with E-state index in [1.807, 2.05) is 0 Å². The second kappa shape index (κ2) is 4.80. The first kappa shape index (κ1) is 13.5. The molecule has 0 unspecified atom stereocenters. The minimum atomic E-state index is -4.64. The lowest BCUT2D eigenvalue weighted by atomic mass is 10.3. The molecule has 1 aromatic heterocycles. The van der Waals surface area contributed by atoms with E-state index < -0.39 is 7.82 Å². The Bertz CT molecular complexity index is 356. The van der Waals surface area contributed by atoms with E-state index in [9.17, 15) is 0 Å². The second-order valence-corrected chi connectivity index (χ2v) is 3.47. The van der Waals surface area contributed by atoms with Gasteiger partial charge in [0, 0.05) is 0 Å². The number of pyridine rings is 1. The Morgan fingerprint density at radius 3 is 1.80 bits per heavy atom. The van der Waals surface area contributed by atoms with Crippen LogP contribution in [-0.4, -0.2) is 19.7 Å². The fraction of sp³-hybridized carbons (Fsp3) is 0. The van der Waals surface area contributed by atoms with E-state index in [4.69, 9.17) is 42.2 Å². The summed E-state index contributed by atoms with van der Waals surface area (Å²) in [6.07, 6.45) is 1.38. The van der Waals surface area contributed by atoms with Crippen molar-refractivity contribution in [2.75, 3.05) is 22.9 Å². The van der Waals surface area contributed by atoms with Crippen molar-refractivity contribution in [3.8, 4) is 0 Å². The lowest BCUT2D eigenvalue weighted by Crippen LogP contribution is -2.05. The number of hydrogen-bond donors (Lipinski definition) is 7. The van der Waals surface area contributed by atoms with Gasteiger partial charge in [-0.05, 0) is 0 Å². The summed E-state index contributed by atoms with van der Waals surface area (Å²) in [4.78, 5) is 25.2. The first-order valence-electron chi connectivity index (χ1n) is 3.46. The second-order valence-electron chi connectivity index (χ2n) is 2.44. The highest BCUT2D eigenvalue weighted by atomic mass is 31.2. The number of nitrogen functional groups attached to an aromatic ring is 4. The van der Waals surface area contributed by atoms with Crippen LogP contribution in [0.5, 0.6) is 0 Å². The summed E-state index contributed by atoms with van der Waals surface area (Å²) in [5.74, 6) is 0.215. The standard InChI is InChI=1S/C5H9N5.H3O4P/c6-2-1-10-5(9)4(8)3(2)7;1-5(2,3)4/h1H,6,8H2,(H4,7,9,10);(H3,1,2,3,4). The van der Waals surface area contributed by atoms with Gasteiger partial charge in [-0.15, -0.1) is 0 Å². The van der Waals surface area contributed by atoms with Gasteiger partial charge in [0.05, 0.1) is 23.3 Å². The fourth-order valence-electron chi connectivity index (χ4n) is 0.572. The smallest absolute Gasteiger partial charge is 0.396 e. The third-order valence-corrected chi connectivity index (χ3v) is 1.22. The van der Waals surface area contributed by atoms with Gasteiger partial charge in [0.25, 0.3) is 0 Å². The maximum absolute atomic E-state index is 8.88. The zero-order valence-electron chi connectivity index (χ0n) is 7.53. The van der Waals surface area contributed by atoms with Gasteiger partial charge in [-0.1, -0.05) is 0 Å². The van der Waals surface area contributed by atoms with Crippen molar-refractivity contribution in [1.82, 2.24) is 4.98 Å². The minimum absolute atomic E-state index is 0.215. The fourth-order valence-corrected chi connectivity index (χ4v) is 0.572. The lowest BCUT2D eigenvalue weighted by Gasteiger charge is -2.04. The van der Waals surface area contributed by atoms with Crippen LogP contribution in [0.1, 0.15) is 0 Å². The SMILES string of the molecule is Nc1cnc(N)c(N)c1N.O=P(O)(O)O. The third kappa shape index (κ3) is 5.70. The van der Waals surface area contributed by atoms with E-state index in [-0.39, 0.29) is 11.5 Å². The Kier molecular flexibility index (Phi) is 4.31. The number of hydrogen-bond acceptors (Lipinski definition) is 6. The molecule has 0 aliphatic heterocycles. The van der Waals surface area contributed by atoms with Crippen LogP contribution in [0.3, 0.4) is 0 Å². The van der Waals surface area contributed by atoms with Crippen molar-refractivity contribution < 1.29 is 19.2 Å². The van der Waals surface area contributed by atoms with Gasteiger partial charge in [0.2, 0.25) is 0 Å². The van der Waals surface area contributed by atoms with E-state index in [2.05, 4.69) is 4.98 Å². The molecule has 0 amide bonds. The van der Waals surface area contributed by atoms with Gasteiger partial charge in [-0.2, -0.15) is 0 Å². The zero-order chi connectivity index (χ0) is 12.2. The Morgan fingerprint density at radius 2 is 1.47 bits per heavy atom. The molecule has 11 N–H and O–H groups in total. The molecular weight excluding hydrogens is 225 g/mol. The average molecular weight is 237 g/mol. The van der Waals surface area contributed by atoms with Gasteiger partial charge in [0.15, 0.2) is 0 Å². The molecule has 0 radical (unpaired) electrons. The van der Waals surface area contributed by atoms with E-state index in [1.165, 1.54) is 6.20 Å². The third-order valence-electron chi connectivity index (χ3n) is 1.22. The predicted octanol–water partition coefficient (Wildman–Crippen LogP) is -1.52. The van der Waals surface area contributed by atoms with Crippen molar-refractivity contribution in [2.24, 2.45) is 0 Å². The van der Waals surface area contributed by atoms with E-state index in [1.54, 1.807) is 0 Å². The normalized spacial score (nSPS) is 10.3. The van der Waals surface area contributed by atoms with Gasteiger partial charge >= 0.3 is 7.82 Å². The van der Waals surface area contributed by atoms with Crippen LogP contribution in [0.4, 0.5) is 22.9 Å². The first-order chi connectivity index (χ1) is 6.63. The molecule has 0 saturated carbocycles. The summed E-state index contributed by atoms with van der Waals surface area (Å²) < 4.78 is 8.88. The van der Waals surface area contributed by atoms with Gasteiger partial charge in [-0.25, -0.2) is 9.55 Å². The summed E-state index contributed by atoms with van der Waals surface area (Å²) >= 11 is 0. The lowest BCUT2D eigenvalue weighted by molar-refractivity contribution is 0.275. The number of nitrogens with two attached hydrogens (primary N) is 4. The largest absolute Gasteiger partial charge is 0.466 e. The number of rotatable bonds is 0. The molecule has 0 spiro atoms. The summed E-state index contributed by atoms with van der Waals surface area (Å²) in [5.41, 5.74) is 22.4. The molecule has 0 saturated heterocycles. The molecule has 9 nitrogen and oxygen atoms in total. The van der Waals surface area contributed by atoms with Crippen LogP contribution < -0.4 is 22.9 Å². The minimum Gasteiger partial charge on any atom is -0.396 e. The van der Waals surface area contributed by atoms with Gasteiger partial charge < -0.3 is 37.6 Å². The van der Waals surface area contributed by atoms with E-state index in [0.29, 0.717) is 11.4 Å².